The molecular formula is C13H15BrN2O4. The Kier molecular flexibility index (Phi) is 4.18. The van der Waals surface area contributed by atoms with Gasteiger partial charge < -0.3 is 18.4 Å². The summed E-state index contributed by atoms with van der Waals surface area (Å²) >= 11 is 3.31. The third kappa shape index (κ3) is 3.11. The van der Waals surface area contributed by atoms with Crippen LogP contribution in [0.4, 0.5) is 0 Å². The van der Waals surface area contributed by atoms with Crippen LogP contribution in [0.1, 0.15) is 17.8 Å². The minimum Gasteiger partial charge on any atom is -0.444 e. The first-order valence-corrected chi connectivity index (χ1v) is 7.26. The van der Waals surface area contributed by atoms with Crippen LogP contribution in [0.3, 0.4) is 0 Å². The molecule has 0 N–H and O–H groups in total. The lowest BCUT2D eigenvalue weighted by molar-refractivity contribution is 0.0742. The number of nitrogens with zero attached hydrogens (tertiary/aromatic N) is 2. The molecule has 7 heteroatoms. The molecule has 1 saturated heterocycles. The normalized spacial score (nSPS) is 18.8. The lowest BCUT2D eigenvalue weighted by Gasteiger charge is -2.05. The van der Waals surface area contributed by atoms with Crippen molar-refractivity contribution in [2.24, 2.45) is 5.92 Å². The Morgan fingerprint density at radius 3 is 3.10 bits per heavy atom. The summed E-state index contributed by atoms with van der Waals surface area (Å²) in [5.41, 5.74) is 0.984. The van der Waals surface area contributed by atoms with Crippen molar-refractivity contribution in [1.29, 1.82) is 0 Å². The smallest absolute Gasteiger partial charge is 0.293 e. The van der Waals surface area contributed by atoms with Crippen LogP contribution in [0.15, 0.2) is 19.7 Å². The quantitative estimate of drug-likeness (QED) is 0.831. The van der Waals surface area contributed by atoms with Gasteiger partial charge in [0.25, 0.3) is 5.89 Å². The fraction of sp³-hybridized carbons (Fsp3) is 0.538. The molecular weight excluding hydrogens is 328 g/mol. The predicted octanol–water partition coefficient (Wildman–Crippen LogP) is 2.95. The molecule has 0 radical (unpaired) electrons. The van der Waals surface area contributed by atoms with Gasteiger partial charge in [-0.15, -0.1) is 0 Å². The molecule has 0 aromatic carbocycles. The molecule has 2 aromatic heterocycles. The summed E-state index contributed by atoms with van der Waals surface area (Å²) in [6.45, 7) is 4.53. The van der Waals surface area contributed by atoms with Crippen molar-refractivity contribution in [2.45, 2.75) is 20.0 Å². The van der Waals surface area contributed by atoms with Gasteiger partial charge in [-0.2, -0.15) is 4.98 Å². The summed E-state index contributed by atoms with van der Waals surface area (Å²) in [7, 11) is 0. The predicted molar refractivity (Wildman–Crippen MR) is 73.0 cm³/mol. The summed E-state index contributed by atoms with van der Waals surface area (Å²) in [5.74, 6) is 1.91. The number of aromatic nitrogens is 2. The molecule has 20 heavy (non-hydrogen) atoms. The zero-order chi connectivity index (χ0) is 13.9. The molecule has 3 rings (SSSR count). The van der Waals surface area contributed by atoms with E-state index in [4.69, 9.17) is 18.4 Å². The third-order valence-electron chi connectivity index (χ3n) is 3.14. The average molecular weight is 343 g/mol. The Morgan fingerprint density at radius 1 is 1.50 bits per heavy atom. The standard InChI is InChI=1S/C13H15BrN2O4/c1-8-4-10(19-12(8)14)13-15-11(16-20-13)7-18-6-9-2-3-17-5-9/h4,9H,2-3,5-7H2,1H3. The van der Waals surface area contributed by atoms with Gasteiger partial charge in [-0.05, 0) is 35.3 Å². The van der Waals surface area contributed by atoms with Crippen LogP contribution < -0.4 is 0 Å². The highest BCUT2D eigenvalue weighted by molar-refractivity contribution is 9.10. The maximum Gasteiger partial charge on any atom is 0.293 e. The van der Waals surface area contributed by atoms with E-state index < -0.39 is 0 Å². The zero-order valence-corrected chi connectivity index (χ0v) is 12.7. The van der Waals surface area contributed by atoms with Gasteiger partial charge in [-0.3, -0.25) is 0 Å². The Hall–Kier alpha value is -1.18. The first-order valence-electron chi connectivity index (χ1n) is 6.47. The zero-order valence-electron chi connectivity index (χ0n) is 11.1. The summed E-state index contributed by atoms with van der Waals surface area (Å²) in [6.07, 6.45) is 1.05. The van der Waals surface area contributed by atoms with Crippen molar-refractivity contribution in [3.63, 3.8) is 0 Å². The molecule has 0 spiro atoms. The van der Waals surface area contributed by atoms with Crippen LogP contribution in [-0.2, 0) is 16.1 Å². The lowest BCUT2D eigenvalue weighted by Crippen LogP contribution is -2.09. The molecule has 0 saturated carbocycles. The highest BCUT2D eigenvalue weighted by Gasteiger charge is 2.17. The van der Waals surface area contributed by atoms with Crippen LogP contribution in [0, 0.1) is 12.8 Å². The molecule has 1 aliphatic heterocycles. The van der Waals surface area contributed by atoms with E-state index in [9.17, 15) is 0 Å². The van der Waals surface area contributed by atoms with Crippen LogP contribution >= 0.6 is 15.9 Å². The Morgan fingerprint density at radius 2 is 2.40 bits per heavy atom. The van der Waals surface area contributed by atoms with Crippen molar-refractivity contribution < 1.29 is 18.4 Å². The summed E-state index contributed by atoms with van der Waals surface area (Å²) in [6, 6.07) is 1.85. The number of hydrogen-bond donors (Lipinski definition) is 0. The molecule has 1 aliphatic rings. The van der Waals surface area contributed by atoms with Crippen molar-refractivity contribution in [1.82, 2.24) is 10.1 Å². The molecule has 1 unspecified atom stereocenters. The van der Waals surface area contributed by atoms with Gasteiger partial charge in [-0.1, -0.05) is 5.16 Å². The first kappa shape index (κ1) is 13.8. The maximum absolute atomic E-state index is 5.58. The monoisotopic (exact) mass is 342 g/mol. The van der Waals surface area contributed by atoms with Crippen LogP contribution in [0.25, 0.3) is 11.7 Å². The number of rotatable bonds is 5. The van der Waals surface area contributed by atoms with Crippen molar-refractivity contribution >= 4 is 15.9 Å². The number of aryl methyl sites for hydroxylation is 1. The Balaban J connectivity index is 1.56. The highest BCUT2D eigenvalue weighted by atomic mass is 79.9. The lowest BCUT2D eigenvalue weighted by atomic mass is 10.1. The second-order valence-electron chi connectivity index (χ2n) is 4.83. The van der Waals surface area contributed by atoms with Gasteiger partial charge in [0.05, 0.1) is 13.2 Å². The van der Waals surface area contributed by atoms with Gasteiger partial charge in [-0.25, -0.2) is 0 Å². The van der Waals surface area contributed by atoms with Gasteiger partial charge in [0.2, 0.25) is 0 Å². The summed E-state index contributed by atoms with van der Waals surface area (Å²) in [4.78, 5) is 4.25. The Bertz CT molecular complexity index is 555. The largest absolute Gasteiger partial charge is 0.444 e. The SMILES string of the molecule is Cc1cc(-c2nc(COCC3CCOC3)no2)oc1Br. The van der Waals surface area contributed by atoms with Crippen molar-refractivity contribution in [2.75, 3.05) is 19.8 Å². The number of furan rings is 1. The highest BCUT2D eigenvalue weighted by Crippen LogP contribution is 2.27. The summed E-state index contributed by atoms with van der Waals surface area (Å²) < 4.78 is 22.2. The number of hydrogen-bond acceptors (Lipinski definition) is 6. The van der Waals surface area contributed by atoms with E-state index in [1.807, 2.05) is 13.0 Å². The minimum absolute atomic E-state index is 0.334. The molecule has 0 amide bonds. The molecule has 0 aliphatic carbocycles. The number of ether oxygens (including phenoxy) is 2. The fourth-order valence-corrected chi connectivity index (χ4v) is 2.30. The van der Waals surface area contributed by atoms with Crippen molar-refractivity contribution in [3.8, 4) is 11.7 Å². The van der Waals surface area contributed by atoms with E-state index in [-0.39, 0.29) is 0 Å². The Labute approximate surface area is 124 Å². The number of halogens is 1. The van der Waals surface area contributed by atoms with E-state index in [0.29, 0.717) is 41.3 Å². The first-order chi connectivity index (χ1) is 9.72. The van der Waals surface area contributed by atoms with Crippen LogP contribution in [0.2, 0.25) is 0 Å². The molecule has 0 bridgehead atoms. The van der Waals surface area contributed by atoms with E-state index in [1.54, 1.807) is 0 Å². The van der Waals surface area contributed by atoms with E-state index in [2.05, 4.69) is 26.1 Å². The van der Waals surface area contributed by atoms with Gasteiger partial charge >= 0.3 is 0 Å². The molecule has 2 aromatic rings. The summed E-state index contributed by atoms with van der Waals surface area (Å²) in [5, 5.41) is 3.88. The van der Waals surface area contributed by atoms with Crippen LogP contribution in [0.5, 0.6) is 0 Å². The second-order valence-corrected chi connectivity index (χ2v) is 5.55. The molecule has 3 heterocycles. The average Bonchev–Trinajstić information content (AvgIpc) is 3.13. The minimum atomic E-state index is 0.334. The second kappa shape index (κ2) is 6.07. The van der Waals surface area contributed by atoms with Gasteiger partial charge in [0.15, 0.2) is 16.3 Å². The topological polar surface area (TPSA) is 70.5 Å². The van der Waals surface area contributed by atoms with E-state index in [1.165, 1.54) is 0 Å². The fourth-order valence-electron chi connectivity index (χ4n) is 2.01. The third-order valence-corrected chi connectivity index (χ3v) is 3.93. The van der Waals surface area contributed by atoms with Gasteiger partial charge in [0.1, 0.15) is 6.61 Å². The van der Waals surface area contributed by atoms with E-state index in [0.717, 1.165) is 25.2 Å². The van der Waals surface area contributed by atoms with E-state index >= 15 is 0 Å². The van der Waals surface area contributed by atoms with Gasteiger partial charge in [0, 0.05) is 18.1 Å². The maximum atomic E-state index is 5.58. The van der Waals surface area contributed by atoms with Crippen molar-refractivity contribution in [3.05, 3.63) is 22.1 Å². The van der Waals surface area contributed by atoms with Crippen LogP contribution in [-0.4, -0.2) is 30.0 Å². The molecule has 108 valence electrons. The molecule has 1 atom stereocenters. The molecule has 1 fully saturated rings. The molecule has 6 nitrogen and oxygen atoms in total.